The zero-order valence-electron chi connectivity index (χ0n) is 32.7. The number of nitrogens with one attached hydrogen (secondary N) is 2. The molecule has 7 aromatic rings. The van der Waals surface area contributed by atoms with Gasteiger partial charge in [-0.25, -0.2) is 9.59 Å². The lowest BCUT2D eigenvalue weighted by Crippen LogP contribution is -2.15. The SMILES string of the molecule is COC(=O)c1cccc(N=Nc2c(O)c(C(=O)Nc3cc(C)c(NC(=O)c4cc5ccccc5c(N=Nc5cccc(C(=O)OC)c5)c4O)cc3C)cc3ccccc23)c1. The third kappa shape index (κ3) is 8.24. The molecule has 7 rings (SSSR count). The Labute approximate surface area is 342 Å². The van der Waals surface area contributed by atoms with Crippen LogP contribution >= 0.6 is 0 Å². The zero-order valence-corrected chi connectivity index (χ0v) is 32.7. The van der Waals surface area contributed by atoms with Gasteiger partial charge >= 0.3 is 11.9 Å². The number of benzene rings is 7. The first-order chi connectivity index (χ1) is 28.9. The minimum Gasteiger partial charge on any atom is -0.505 e. The van der Waals surface area contributed by atoms with Gasteiger partial charge < -0.3 is 30.3 Å². The van der Waals surface area contributed by atoms with Crippen molar-refractivity contribution in [2.45, 2.75) is 13.8 Å². The number of aryl methyl sites for hydroxylation is 2. The molecular weight excluding hydrogens is 765 g/mol. The molecule has 0 aliphatic carbocycles. The van der Waals surface area contributed by atoms with Gasteiger partial charge in [0.1, 0.15) is 11.4 Å². The maximum Gasteiger partial charge on any atom is 0.337 e. The van der Waals surface area contributed by atoms with Crippen molar-refractivity contribution in [1.82, 2.24) is 0 Å². The number of amides is 2. The highest BCUT2D eigenvalue weighted by Crippen LogP contribution is 2.42. The lowest BCUT2D eigenvalue weighted by atomic mass is 10.0. The van der Waals surface area contributed by atoms with Gasteiger partial charge in [-0.3, -0.25) is 9.59 Å². The number of phenolic OH excluding ortho intramolecular Hbond substituents is 2. The largest absolute Gasteiger partial charge is 0.505 e. The zero-order chi connectivity index (χ0) is 42.5. The molecule has 0 fully saturated rings. The molecule has 0 aliphatic rings. The van der Waals surface area contributed by atoms with Crippen LogP contribution in [0.3, 0.4) is 0 Å². The van der Waals surface area contributed by atoms with Crippen molar-refractivity contribution in [3.8, 4) is 11.5 Å². The fourth-order valence-corrected chi connectivity index (χ4v) is 6.49. The quantitative estimate of drug-likeness (QED) is 0.0772. The molecule has 298 valence electrons. The molecule has 14 heteroatoms. The van der Waals surface area contributed by atoms with E-state index in [1.54, 1.807) is 123 Å². The summed E-state index contributed by atoms with van der Waals surface area (Å²) in [5.74, 6) is -3.13. The summed E-state index contributed by atoms with van der Waals surface area (Å²) in [6.45, 7) is 3.49. The van der Waals surface area contributed by atoms with E-state index in [1.165, 1.54) is 26.4 Å². The number of azo groups is 2. The van der Waals surface area contributed by atoms with Crippen molar-refractivity contribution in [2.75, 3.05) is 24.9 Å². The Morgan fingerprint density at radius 2 is 0.900 bits per heavy atom. The van der Waals surface area contributed by atoms with E-state index in [0.29, 0.717) is 55.4 Å². The van der Waals surface area contributed by atoms with Crippen LogP contribution in [0.2, 0.25) is 0 Å². The Morgan fingerprint density at radius 3 is 1.30 bits per heavy atom. The second-order valence-electron chi connectivity index (χ2n) is 13.6. The Bertz CT molecular complexity index is 2740. The molecule has 0 aromatic heterocycles. The van der Waals surface area contributed by atoms with Crippen LogP contribution in [0.1, 0.15) is 52.6 Å². The molecule has 14 nitrogen and oxygen atoms in total. The summed E-state index contributed by atoms with van der Waals surface area (Å²) in [5, 5.41) is 48.0. The van der Waals surface area contributed by atoms with Gasteiger partial charge in [-0.15, -0.1) is 10.2 Å². The second-order valence-corrected chi connectivity index (χ2v) is 13.6. The van der Waals surface area contributed by atoms with E-state index in [9.17, 15) is 29.4 Å². The Kier molecular flexibility index (Phi) is 11.4. The molecule has 0 aliphatic heterocycles. The fourth-order valence-electron chi connectivity index (χ4n) is 6.49. The first kappa shape index (κ1) is 40.0. The Balaban J connectivity index is 1.15. The van der Waals surface area contributed by atoms with Crippen LogP contribution in [0.4, 0.5) is 34.1 Å². The summed E-state index contributed by atoms with van der Waals surface area (Å²) in [4.78, 5) is 51.7. The van der Waals surface area contributed by atoms with Gasteiger partial charge in [-0.1, -0.05) is 60.7 Å². The van der Waals surface area contributed by atoms with E-state index >= 15 is 0 Å². The van der Waals surface area contributed by atoms with Crippen LogP contribution in [0.25, 0.3) is 21.5 Å². The molecule has 0 atom stereocenters. The van der Waals surface area contributed by atoms with Gasteiger partial charge in [0.25, 0.3) is 11.8 Å². The molecule has 7 aromatic carbocycles. The minimum atomic E-state index is -0.624. The molecule has 0 saturated heterocycles. The number of aromatic hydroxyl groups is 2. The maximum absolute atomic E-state index is 13.8. The van der Waals surface area contributed by atoms with E-state index < -0.39 is 35.3 Å². The topological polar surface area (TPSA) is 201 Å². The van der Waals surface area contributed by atoms with Crippen LogP contribution in [0, 0.1) is 13.8 Å². The number of carbonyl (C=O) groups excluding carboxylic acids is 4. The van der Waals surface area contributed by atoms with Crippen LogP contribution < -0.4 is 10.6 Å². The number of carbonyl (C=O) groups is 4. The second kappa shape index (κ2) is 17.1. The number of esters is 2. The van der Waals surface area contributed by atoms with Gasteiger partial charge in [0.15, 0.2) is 11.5 Å². The van der Waals surface area contributed by atoms with Crippen molar-refractivity contribution < 1.29 is 38.9 Å². The number of nitrogens with zero attached hydrogens (tertiary/aromatic N) is 4. The number of ether oxygens (including phenoxy) is 2. The van der Waals surface area contributed by atoms with E-state index in [-0.39, 0.29) is 33.6 Å². The van der Waals surface area contributed by atoms with Crippen molar-refractivity contribution >= 4 is 79.4 Å². The lowest BCUT2D eigenvalue weighted by Gasteiger charge is -2.16. The number of fused-ring (bicyclic) bond motifs is 2. The van der Waals surface area contributed by atoms with Crippen molar-refractivity contribution in [2.24, 2.45) is 20.5 Å². The minimum absolute atomic E-state index is 0.0574. The monoisotopic (exact) mass is 800 g/mol. The van der Waals surface area contributed by atoms with E-state index in [1.807, 2.05) is 0 Å². The van der Waals surface area contributed by atoms with Gasteiger partial charge in [-0.05, 0) is 96.4 Å². The number of hydrogen-bond acceptors (Lipinski definition) is 12. The molecule has 4 N–H and O–H groups in total. The third-order valence-electron chi connectivity index (χ3n) is 9.61. The normalized spacial score (nSPS) is 11.3. The summed E-state index contributed by atoms with van der Waals surface area (Å²) in [6.07, 6.45) is 0. The molecule has 0 spiro atoms. The smallest absolute Gasteiger partial charge is 0.337 e. The summed E-state index contributed by atoms with van der Waals surface area (Å²) in [6, 6.07) is 33.3. The first-order valence-electron chi connectivity index (χ1n) is 18.4. The first-order valence-corrected chi connectivity index (χ1v) is 18.4. The summed E-state index contributed by atoms with van der Waals surface area (Å²) >= 11 is 0. The van der Waals surface area contributed by atoms with Crippen molar-refractivity contribution in [3.05, 3.63) is 155 Å². The number of anilines is 2. The van der Waals surface area contributed by atoms with Gasteiger partial charge in [0, 0.05) is 22.1 Å². The fraction of sp³-hybridized carbons (Fsp3) is 0.0870. The highest BCUT2D eigenvalue weighted by atomic mass is 16.5. The maximum atomic E-state index is 13.8. The van der Waals surface area contributed by atoms with Gasteiger partial charge in [0.05, 0.1) is 47.8 Å². The number of rotatable bonds is 10. The van der Waals surface area contributed by atoms with Gasteiger partial charge in [-0.2, -0.15) is 10.2 Å². The number of methoxy groups -OCH3 is 2. The summed E-state index contributed by atoms with van der Waals surface area (Å²) in [5.41, 5.74) is 3.20. The number of hydrogen-bond donors (Lipinski definition) is 4. The van der Waals surface area contributed by atoms with E-state index in [0.717, 1.165) is 0 Å². The molecule has 0 radical (unpaired) electrons. The van der Waals surface area contributed by atoms with Crippen molar-refractivity contribution in [3.63, 3.8) is 0 Å². The molecule has 0 saturated carbocycles. The standard InChI is InChI=1S/C46H36N6O8/c1-25-19-38(48-44(56)36-24-28-12-6-8-18-34(28)40(42(36)54)52-50-32-16-10-14-30(22-32)46(58)60-4)26(2)20-37(25)47-43(55)35-23-27-11-5-7-17-33(27)39(41(35)53)51-49-31-15-9-13-29(21-31)45(57)59-3/h5-24,53-54H,1-4H3,(H,47,55)(H,48,56). The predicted octanol–water partition coefficient (Wildman–Crippen LogP) is 10.9. The highest BCUT2D eigenvalue weighted by Gasteiger charge is 2.22. The van der Waals surface area contributed by atoms with Gasteiger partial charge in [0.2, 0.25) is 0 Å². The predicted molar refractivity (Wildman–Crippen MR) is 227 cm³/mol. The Morgan fingerprint density at radius 1 is 0.500 bits per heavy atom. The molecular formula is C46H36N6O8. The molecule has 0 unspecified atom stereocenters. The van der Waals surface area contributed by atoms with Crippen LogP contribution in [0.15, 0.2) is 142 Å². The average molecular weight is 801 g/mol. The summed E-state index contributed by atoms with van der Waals surface area (Å²) in [7, 11) is 2.55. The Hall–Kier alpha value is -8.26. The van der Waals surface area contributed by atoms with E-state index in [2.05, 4.69) is 31.1 Å². The van der Waals surface area contributed by atoms with E-state index in [4.69, 9.17) is 9.47 Å². The number of phenols is 2. The molecule has 0 heterocycles. The lowest BCUT2D eigenvalue weighted by molar-refractivity contribution is 0.0592. The van der Waals surface area contributed by atoms with Crippen LogP contribution in [0.5, 0.6) is 11.5 Å². The van der Waals surface area contributed by atoms with Crippen LogP contribution in [-0.4, -0.2) is 48.2 Å². The summed E-state index contributed by atoms with van der Waals surface area (Å²) < 4.78 is 9.58. The molecule has 0 bridgehead atoms. The van der Waals surface area contributed by atoms with Crippen molar-refractivity contribution in [1.29, 1.82) is 0 Å². The third-order valence-corrected chi connectivity index (χ3v) is 9.61. The highest BCUT2D eigenvalue weighted by molar-refractivity contribution is 6.13. The average Bonchev–Trinajstić information content (AvgIpc) is 3.26. The van der Waals surface area contributed by atoms with Crippen LogP contribution in [-0.2, 0) is 9.47 Å². The molecule has 60 heavy (non-hydrogen) atoms. The molecule has 2 amide bonds.